The molecule has 0 aliphatic carbocycles. The minimum atomic E-state index is -1.16. The lowest BCUT2D eigenvalue weighted by Crippen LogP contribution is -2.49. The van der Waals surface area contributed by atoms with Gasteiger partial charge in [0.15, 0.2) is 0 Å². The van der Waals surface area contributed by atoms with Gasteiger partial charge in [-0.25, -0.2) is 8.78 Å². The van der Waals surface area contributed by atoms with Crippen LogP contribution in [-0.4, -0.2) is 46.2 Å². The van der Waals surface area contributed by atoms with Gasteiger partial charge >= 0.3 is 5.97 Å². The van der Waals surface area contributed by atoms with Crippen molar-refractivity contribution in [3.63, 3.8) is 0 Å². The number of halogens is 2. The van der Waals surface area contributed by atoms with Crippen molar-refractivity contribution in [3.05, 3.63) is 35.4 Å². The van der Waals surface area contributed by atoms with Crippen LogP contribution < -0.4 is 0 Å². The summed E-state index contributed by atoms with van der Waals surface area (Å²) < 4.78 is 26.5. The van der Waals surface area contributed by atoms with Crippen molar-refractivity contribution in [2.45, 2.75) is 18.9 Å². The van der Waals surface area contributed by atoms with Gasteiger partial charge in [0.05, 0.1) is 18.4 Å². The number of carbonyl (C=O) groups is 2. The minimum Gasteiger partial charge on any atom is -0.481 e. The number of amides is 1. The number of aliphatic hydroxyl groups is 1. The second-order valence-electron chi connectivity index (χ2n) is 5.05. The van der Waals surface area contributed by atoms with E-state index in [1.54, 1.807) is 0 Å². The van der Waals surface area contributed by atoms with Crippen LogP contribution in [0.5, 0.6) is 0 Å². The van der Waals surface area contributed by atoms with E-state index in [4.69, 9.17) is 5.11 Å². The van der Waals surface area contributed by atoms with E-state index >= 15 is 0 Å². The number of carboxylic acids is 1. The number of nitrogens with zero attached hydrogens (tertiary/aromatic N) is 1. The average Bonchev–Trinajstić information content (AvgIpc) is 2.42. The summed E-state index contributed by atoms with van der Waals surface area (Å²) in [6, 6.07) is 2.86. The third-order valence-corrected chi connectivity index (χ3v) is 3.60. The van der Waals surface area contributed by atoms with Crippen LogP contribution in [0.2, 0.25) is 0 Å². The number of β-amino-alcohol motifs (C(OH)–C–C–N with tert-alkyl or cyclic N) is 1. The summed E-state index contributed by atoms with van der Waals surface area (Å²) in [6.45, 7) is 0.0521. The van der Waals surface area contributed by atoms with Gasteiger partial charge < -0.3 is 15.1 Å². The van der Waals surface area contributed by atoms with E-state index in [9.17, 15) is 23.5 Å². The first-order valence-corrected chi connectivity index (χ1v) is 6.51. The zero-order valence-corrected chi connectivity index (χ0v) is 11.1. The van der Waals surface area contributed by atoms with Crippen LogP contribution in [0, 0.1) is 17.6 Å². The smallest absolute Gasteiger partial charge is 0.309 e. The Balaban J connectivity index is 2.02. The zero-order valence-electron chi connectivity index (χ0n) is 11.1. The molecule has 21 heavy (non-hydrogen) atoms. The highest BCUT2D eigenvalue weighted by atomic mass is 19.1. The van der Waals surface area contributed by atoms with Gasteiger partial charge in [-0.3, -0.25) is 9.59 Å². The van der Waals surface area contributed by atoms with Crippen LogP contribution in [0.1, 0.15) is 12.0 Å². The molecule has 2 N–H and O–H groups in total. The third kappa shape index (κ3) is 3.55. The second-order valence-corrected chi connectivity index (χ2v) is 5.05. The van der Waals surface area contributed by atoms with E-state index in [1.165, 1.54) is 4.90 Å². The van der Waals surface area contributed by atoms with Crippen molar-refractivity contribution in [2.24, 2.45) is 5.92 Å². The molecule has 1 aromatic rings. The molecule has 0 radical (unpaired) electrons. The third-order valence-electron chi connectivity index (χ3n) is 3.60. The van der Waals surface area contributed by atoms with Gasteiger partial charge in [-0.2, -0.15) is 0 Å². The molecule has 1 amide bonds. The normalized spacial score (nSPS) is 22.1. The van der Waals surface area contributed by atoms with E-state index < -0.39 is 35.5 Å². The van der Waals surface area contributed by atoms with Crippen molar-refractivity contribution >= 4 is 11.9 Å². The van der Waals surface area contributed by atoms with Gasteiger partial charge in [-0.1, -0.05) is 0 Å². The highest BCUT2D eigenvalue weighted by Crippen LogP contribution is 2.19. The molecule has 5 nitrogen and oxygen atoms in total. The van der Waals surface area contributed by atoms with Gasteiger partial charge in [0.1, 0.15) is 11.6 Å². The van der Waals surface area contributed by atoms with Crippen LogP contribution in [0.15, 0.2) is 18.2 Å². The monoisotopic (exact) mass is 299 g/mol. The maximum Gasteiger partial charge on any atom is 0.309 e. The molecule has 114 valence electrons. The lowest BCUT2D eigenvalue weighted by molar-refractivity contribution is -0.152. The highest BCUT2D eigenvalue weighted by Gasteiger charge is 2.34. The van der Waals surface area contributed by atoms with E-state index in [0.29, 0.717) is 0 Å². The average molecular weight is 299 g/mol. The number of benzene rings is 1. The fourth-order valence-corrected chi connectivity index (χ4v) is 2.40. The Morgan fingerprint density at radius 1 is 1.33 bits per heavy atom. The van der Waals surface area contributed by atoms with Gasteiger partial charge in [0.25, 0.3) is 0 Å². The standard InChI is InChI=1S/C14H15F2NO4/c15-9-1-2-11(16)8(5-9)6-13(19)17-4-3-10(14(20)21)12(18)7-17/h1-2,5,10,12,18H,3-4,6-7H2,(H,20,21)/t10-,12+/m0/s1. The summed E-state index contributed by atoms with van der Waals surface area (Å²) in [5.41, 5.74) is -0.0603. The first kappa shape index (κ1) is 15.4. The van der Waals surface area contributed by atoms with Crippen LogP contribution in [0.4, 0.5) is 8.78 Å². The summed E-state index contributed by atoms with van der Waals surface area (Å²) in [6.07, 6.45) is -1.35. The van der Waals surface area contributed by atoms with Crippen molar-refractivity contribution in [1.29, 1.82) is 0 Å². The summed E-state index contributed by atoms with van der Waals surface area (Å²) in [7, 11) is 0. The van der Waals surface area contributed by atoms with Gasteiger partial charge in [-0.15, -0.1) is 0 Å². The minimum absolute atomic E-state index is 0.0603. The molecule has 0 spiro atoms. The van der Waals surface area contributed by atoms with E-state index in [2.05, 4.69) is 0 Å². The van der Waals surface area contributed by atoms with Crippen molar-refractivity contribution < 1.29 is 28.6 Å². The molecule has 1 heterocycles. The number of carboxylic acid groups (broad SMARTS) is 1. The van der Waals surface area contributed by atoms with E-state index in [1.807, 2.05) is 0 Å². The maximum atomic E-state index is 13.5. The molecule has 1 aromatic carbocycles. The molecule has 0 unspecified atom stereocenters. The number of hydrogen-bond acceptors (Lipinski definition) is 3. The van der Waals surface area contributed by atoms with Crippen LogP contribution in [0.3, 0.4) is 0 Å². The molecule has 1 aliphatic heterocycles. The quantitative estimate of drug-likeness (QED) is 0.865. The highest BCUT2D eigenvalue weighted by molar-refractivity contribution is 5.79. The van der Waals surface area contributed by atoms with Crippen LogP contribution >= 0.6 is 0 Å². The molecule has 7 heteroatoms. The molecule has 2 atom stereocenters. The predicted octanol–water partition coefficient (Wildman–Crippen LogP) is 0.801. The maximum absolute atomic E-state index is 13.5. The summed E-state index contributed by atoms with van der Waals surface area (Å²) in [5.74, 6) is -3.79. The Labute approximate surface area is 119 Å². The van der Waals surface area contributed by atoms with Gasteiger partial charge in [0.2, 0.25) is 5.91 Å². The number of aliphatic carboxylic acids is 1. The number of piperidine rings is 1. The van der Waals surface area contributed by atoms with Crippen molar-refractivity contribution in [2.75, 3.05) is 13.1 Å². The summed E-state index contributed by atoms with van der Waals surface area (Å²) >= 11 is 0. The molecular formula is C14H15F2NO4. The molecule has 1 saturated heterocycles. The molecule has 1 aliphatic rings. The summed E-state index contributed by atoms with van der Waals surface area (Å²) in [4.78, 5) is 24.2. The first-order valence-electron chi connectivity index (χ1n) is 6.51. The first-order chi connectivity index (χ1) is 9.88. The Morgan fingerprint density at radius 3 is 2.67 bits per heavy atom. The Kier molecular flexibility index (Phi) is 4.52. The van der Waals surface area contributed by atoms with Crippen LogP contribution in [-0.2, 0) is 16.0 Å². The largest absolute Gasteiger partial charge is 0.481 e. The summed E-state index contributed by atoms with van der Waals surface area (Å²) in [5, 5.41) is 18.6. The number of hydrogen-bond donors (Lipinski definition) is 2. The molecule has 0 bridgehead atoms. The number of rotatable bonds is 3. The molecule has 2 rings (SSSR count). The fourth-order valence-electron chi connectivity index (χ4n) is 2.40. The molecule has 0 saturated carbocycles. The van der Waals surface area contributed by atoms with Crippen LogP contribution in [0.25, 0.3) is 0 Å². The topological polar surface area (TPSA) is 77.8 Å². The Morgan fingerprint density at radius 2 is 2.05 bits per heavy atom. The Bertz CT molecular complexity index is 564. The fraction of sp³-hybridized carbons (Fsp3) is 0.429. The lowest BCUT2D eigenvalue weighted by atomic mass is 9.93. The number of likely N-dealkylation sites (tertiary alicyclic amines) is 1. The van der Waals surface area contributed by atoms with Crippen molar-refractivity contribution in [1.82, 2.24) is 4.90 Å². The number of aliphatic hydroxyl groups excluding tert-OH is 1. The molecule has 1 fully saturated rings. The van der Waals surface area contributed by atoms with E-state index in [-0.39, 0.29) is 31.5 Å². The predicted molar refractivity (Wildman–Crippen MR) is 68.4 cm³/mol. The zero-order chi connectivity index (χ0) is 15.6. The van der Waals surface area contributed by atoms with Gasteiger partial charge in [0, 0.05) is 18.7 Å². The van der Waals surface area contributed by atoms with Gasteiger partial charge in [-0.05, 0) is 24.6 Å². The molecule has 0 aromatic heterocycles. The van der Waals surface area contributed by atoms with Crippen molar-refractivity contribution in [3.8, 4) is 0 Å². The van der Waals surface area contributed by atoms with E-state index in [0.717, 1.165) is 18.2 Å². The number of carbonyl (C=O) groups excluding carboxylic acids is 1. The second kappa shape index (κ2) is 6.17. The Hall–Kier alpha value is -2.02. The SMILES string of the molecule is O=C(O)[C@H]1CCN(C(=O)Cc2cc(F)ccc2F)C[C@H]1O. The molecular weight excluding hydrogens is 284 g/mol. The lowest BCUT2D eigenvalue weighted by Gasteiger charge is -2.34.